The van der Waals surface area contributed by atoms with Crippen molar-refractivity contribution in [2.75, 3.05) is 14.2 Å². The van der Waals surface area contributed by atoms with E-state index in [-0.39, 0.29) is 11.6 Å². The third-order valence-corrected chi connectivity index (χ3v) is 4.67. The highest BCUT2D eigenvalue weighted by Crippen LogP contribution is 2.38. The predicted octanol–water partition coefficient (Wildman–Crippen LogP) is 3.52. The van der Waals surface area contributed by atoms with Crippen LogP contribution < -0.4 is 5.32 Å². The number of aryl methyl sites for hydroxylation is 1. The second-order valence-corrected chi connectivity index (χ2v) is 5.11. The second kappa shape index (κ2) is 5.80. The summed E-state index contributed by atoms with van der Waals surface area (Å²) >= 11 is 1.81. The van der Waals surface area contributed by atoms with Crippen LogP contribution in [0.4, 0.5) is 0 Å². The molecule has 0 aliphatic rings. The summed E-state index contributed by atoms with van der Waals surface area (Å²) in [5.74, 6) is 0. The number of ether oxygens (including phenoxy) is 1. The molecule has 1 aromatic heterocycles. The molecule has 3 heteroatoms. The Hall–Kier alpha value is -0.380. The van der Waals surface area contributed by atoms with Crippen LogP contribution >= 0.6 is 11.3 Å². The van der Waals surface area contributed by atoms with E-state index in [1.807, 2.05) is 25.5 Å². The Morgan fingerprint density at radius 2 is 2.06 bits per heavy atom. The molecule has 0 aromatic carbocycles. The van der Waals surface area contributed by atoms with Gasteiger partial charge in [-0.1, -0.05) is 13.8 Å². The quantitative estimate of drug-likeness (QED) is 0.822. The van der Waals surface area contributed by atoms with E-state index in [1.54, 1.807) is 0 Å². The number of likely N-dealkylation sites (N-methyl/N-ethyl adjacent to an activating group) is 1. The van der Waals surface area contributed by atoms with Crippen molar-refractivity contribution in [3.8, 4) is 0 Å². The first-order valence-corrected chi connectivity index (χ1v) is 6.79. The van der Waals surface area contributed by atoms with Crippen molar-refractivity contribution in [1.29, 1.82) is 0 Å². The van der Waals surface area contributed by atoms with E-state index in [4.69, 9.17) is 4.74 Å². The van der Waals surface area contributed by atoms with E-state index >= 15 is 0 Å². The molecule has 0 radical (unpaired) electrons. The molecule has 0 aliphatic carbocycles. The van der Waals surface area contributed by atoms with Crippen molar-refractivity contribution >= 4 is 11.3 Å². The molecule has 0 aliphatic heterocycles. The van der Waals surface area contributed by atoms with Gasteiger partial charge in [-0.2, -0.15) is 0 Å². The number of thiophene rings is 1. The predicted molar refractivity (Wildman–Crippen MR) is 71.2 cm³/mol. The zero-order chi connectivity index (χ0) is 12.2. The number of nitrogens with one attached hydrogen (secondary N) is 1. The van der Waals surface area contributed by atoms with Crippen molar-refractivity contribution in [1.82, 2.24) is 5.32 Å². The minimum atomic E-state index is -0.0929. The maximum Gasteiger partial charge on any atom is 0.0875 e. The highest BCUT2D eigenvalue weighted by molar-refractivity contribution is 7.10. The first-order chi connectivity index (χ1) is 7.65. The van der Waals surface area contributed by atoms with E-state index in [0.717, 1.165) is 12.8 Å². The highest BCUT2D eigenvalue weighted by atomic mass is 32.1. The number of hydrogen-bond donors (Lipinski definition) is 1. The molecule has 0 saturated heterocycles. The van der Waals surface area contributed by atoms with Gasteiger partial charge in [-0.25, -0.2) is 0 Å². The van der Waals surface area contributed by atoms with Gasteiger partial charge in [0.1, 0.15) is 0 Å². The average Bonchev–Trinajstić information content (AvgIpc) is 2.72. The molecule has 92 valence electrons. The SMILES string of the molecule is CCC(CC)(OC)C(NC)c1sccc1C. The molecule has 0 amide bonds. The Morgan fingerprint density at radius 3 is 2.38 bits per heavy atom. The van der Waals surface area contributed by atoms with Gasteiger partial charge in [0, 0.05) is 12.0 Å². The van der Waals surface area contributed by atoms with E-state index in [2.05, 4.69) is 37.5 Å². The molecule has 1 N–H and O–H groups in total. The Bertz CT molecular complexity index is 309. The van der Waals surface area contributed by atoms with E-state index in [0.29, 0.717) is 0 Å². The van der Waals surface area contributed by atoms with Gasteiger partial charge in [0.05, 0.1) is 11.6 Å². The summed E-state index contributed by atoms with van der Waals surface area (Å²) in [5, 5.41) is 5.58. The fourth-order valence-electron chi connectivity index (χ4n) is 2.38. The minimum absolute atomic E-state index is 0.0929. The first kappa shape index (κ1) is 13.7. The van der Waals surface area contributed by atoms with Crippen LogP contribution in [-0.4, -0.2) is 19.8 Å². The lowest BCUT2D eigenvalue weighted by Gasteiger charge is -2.38. The minimum Gasteiger partial charge on any atom is -0.376 e. The van der Waals surface area contributed by atoms with Crippen LogP contribution in [0.5, 0.6) is 0 Å². The molecule has 1 atom stereocenters. The molecular formula is C13H23NOS. The topological polar surface area (TPSA) is 21.3 Å². The van der Waals surface area contributed by atoms with E-state index < -0.39 is 0 Å². The molecule has 16 heavy (non-hydrogen) atoms. The van der Waals surface area contributed by atoms with Crippen LogP contribution in [0.3, 0.4) is 0 Å². The number of hydrogen-bond acceptors (Lipinski definition) is 3. The smallest absolute Gasteiger partial charge is 0.0875 e. The second-order valence-electron chi connectivity index (χ2n) is 4.17. The zero-order valence-electron chi connectivity index (χ0n) is 11.0. The van der Waals surface area contributed by atoms with Crippen LogP contribution in [0.2, 0.25) is 0 Å². The average molecular weight is 241 g/mol. The lowest BCUT2D eigenvalue weighted by molar-refractivity contribution is -0.0460. The van der Waals surface area contributed by atoms with Crippen LogP contribution in [0.25, 0.3) is 0 Å². The summed E-state index contributed by atoms with van der Waals surface area (Å²) in [4.78, 5) is 1.40. The van der Waals surface area contributed by atoms with Crippen molar-refractivity contribution in [2.45, 2.75) is 45.3 Å². The third kappa shape index (κ3) is 2.31. The molecule has 0 fully saturated rings. The van der Waals surface area contributed by atoms with Crippen molar-refractivity contribution in [3.63, 3.8) is 0 Å². The van der Waals surface area contributed by atoms with Gasteiger partial charge in [0.15, 0.2) is 0 Å². The molecule has 1 heterocycles. The summed E-state index contributed by atoms with van der Waals surface area (Å²) in [6.07, 6.45) is 2.03. The summed E-state index contributed by atoms with van der Waals surface area (Å²) in [5.41, 5.74) is 1.26. The molecule has 0 bridgehead atoms. The van der Waals surface area contributed by atoms with Gasteiger partial charge in [-0.15, -0.1) is 11.3 Å². The summed E-state index contributed by atoms with van der Waals surface area (Å²) in [6, 6.07) is 2.46. The summed E-state index contributed by atoms with van der Waals surface area (Å²) in [7, 11) is 3.84. The fraction of sp³-hybridized carbons (Fsp3) is 0.692. The molecule has 2 nitrogen and oxygen atoms in total. The van der Waals surface area contributed by atoms with Gasteiger partial charge in [-0.3, -0.25) is 0 Å². The largest absolute Gasteiger partial charge is 0.376 e. The van der Waals surface area contributed by atoms with E-state index in [1.165, 1.54) is 10.4 Å². The number of methoxy groups -OCH3 is 1. The van der Waals surface area contributed by atoms with Crippen LogP contribution in [-0.2, 0) is 4.74 Å². The Morgan fingerprint density at radius 1 is 1.44 bits per heavy atom. The van der Waals surface area contributed by atoms with Gasteiger partial charge in [0.2, 0.25) is 0 Å². The summed E-state index contributed by atoms with van der Waals surface area (Å²) < 4.78 is 5.81. The molecular weight excluding hydrogens is 218 g/mol. The summed E-state index contributed by atoms with van der Waals surface area (Å²) in [6.45, 7) is 6.56. The van der Waals surface area contributed by atoms with Gasteiger partial charge in [0.25, 0.3) is 0 Å². The maximum absolute atomic E-state index is 5.81. The lowest BCUT2D eigenvalue weighted by atomic mass is 9.86. The Balaban J connectivity index is 3.10. The fourth-order valence-corrected chi connectivity index (χ4v) is 3.52. The van der Waals surface area contributed by atoms with Gasteiger partial charge in [-0.05, 0) is 43.8 Å². The zero-order valence-corrected chi connectivity index (χ0v) is 11.8. The van der Waals surface area contributed by atoms with Crippen LogP contribution in [0, 0.1) is 6.92 Å². The van der Waals surface area contributed by atoms with Crippen LogP contribution in [0.15, 0.2) is 11.4 Å². The normalized spacial score (nSPS) is 14.1. The van der Waals surface area contributed by atoms with Gasteiger partial charge >= 0.3 is 0 Å². The molecule has 1 rings (SSSR count). The van der Waals surface area contributed by atoms with Crippen molar-refractivity contribution in [3.05, 3.63) is 21.9 Å². The van der Waals surface area contributed by atoms with Crippen molar-refractivity contribution < 1.29 is 4.74 Å². The third-order valence-electron chi connectivity index (χ3n) is 3.58. The molecule has 1 unspecified atom stereocenters. The van der Waals surface area contributed by atoms with Crippen molar-refractivity contribution in [2.24, 2.45) is 0 Å². The Labute approximate surface area is 103 Å². The van der Waals surface area contributed by atoms with Crippen LogP contribution in [0.1, 0.15) is 43.2 Å². The molecule has 0 spiro atoms. The maximum atomic E-state index is 5.81. The number of rotatable bonds is 6. The van der Waals surface area contributed by atoms with E-state index in [9.17, 15) is 0 Å². The molecule has 1 aromatic rings. The monoisotopic (exact) mass is 241 g/mol. The molecule has 0 saturated carbocycles. The van der Waals surface area contributed by atoms with Gasteiger partial charge < -0.3 is 10.1 Å². The highest BCUT2D eigenvalue weighted by Gasteiger charge is 2.37. The standard InChI is InChI=1S/C13H23NOS/c1-6-13(7-2,15-5)12(14-4)11-10(3)8-9-16-11/h8-9,12,14H,6-7H2,1-5H3. The first-order valence-electron chi connectivity index (χ1n) is 5.91. The lowest BCUT2D eigenvalue weighted by Crippen LogP contribution is -2.43. The Kier molecular flexibility index (Phi) is 4.96.